The van der Waals surface area contributed by atoms with Crippen LogP contribution in [0.5, 0.6) is 0 Å². The molecule has 1 aromatic heterocycles. The van der Waals surface area contributed by atoms with Crippen LogP contribution in [0.25, 0.3) is 0 Å². The van der Waals surface area contributed by atoms with Crippen LogP contribution < -0.4 is 0 Å². The molecule has 0 spiro atoms. The SMILES string of the molecule is CCCCN(CCCC)CCCC.c1nnn[nH]1. The molecule has 0 bridgehead atoms. The number of aromatic amines is 1. The molecule has 1 heterocycles. The lowest BCUT2D eigenvalue weighted by atomic mass is 10.2. The van der Waals surface area contributed by atoms with Crippen LogP contribution in [0.4, 0.5) is 0 Å². The van der Waals surface area contributed by atoms with Crippen LogP contribution in [0.1, 0.15) is 59.3 Å². The van der Waals surface area contributed by atoms with E-state index in [1.54, 1.807) is 0 Å². The molecule has 1 N–H and O–H groups in total. The van der Waals surface area contributed by atoms with E-state index >= 15 is 0 Å². The first kappa shape index (κ1) is 17.0. The molecule has 18 heavy (non-hydrogen) atoms. The summed E-state index contributed by atoms with van der Waals surface area (Å²) in [4.78, 5) is 2.64. The van der Waals surface area contributed by atoms with Crippen molar-refractivity contribution in [2.75, 3.05) is 19.6 Å². The minimum Gasteiger partial charge on any atom is -0.303 e. The van der Waals surface area contributed by atoms with E-state index < -0.39 is 0 Å². The molecular weight excluding hydrogens is 226 g/mol. The van der Waals surface area contributed by atoms with Gasteiger partial charge in [-0.3, -0.25) is 0 Å². The zero-order valence-corrected chi connectivity index (χ0v) is 12.2. The molecular formula is C13H29N5. The summed E-state index contributed by atoms with van der Waals surface area (Å²) in [5.74, 6) is 0. The Hall–Kier alpha value is -0.970. The lowest BCUT2D eigenvalue weighted by Crippen LogP contribution is -2.27. The van der Waals surface area contributed by atoms with E-state index in [1.165, 1.54) is 64.5 Å². The van der Waals surface area contributed by atoms with Gasteiger partial charge in [0.05, 0.1) is 0 Å². The zero-order chi connectivity index (χ0) is 13.5. The van der Waals surface area contributed by atoms with Gasteiger partial charge in [0.1, 0.15) is 6.33 Å². The Morgan fingerprint density at radius 3 is 1.61 bits per heavy atom. The third-order valence-electron chi connectivity index (χ3n) is 2.75. The van der Waals surface area contributed by atoms with Gasteiger partial charge in [0.2, 0.25) is 0 Å². The number of hydrogen-bond donors (Lipinski definition) is 1. The maximum absolute atomic E-state index is 3.31. The largest absolute Gasteiger partial charge is 0.303 e. The number of rotatable bonds is 9. The smallest absolute Gasteiger partial charge is 0.135 e. The summed E-state index contributed by atoms with van der Waals surface area (Å²) >= 11 is 0. The molecule has 0 atom stereocenters. The van der Waals surface area contributed by atoms with E-state index in [9.17, 15) is 0 Å². The monoisotopic (exact) mass is 255 g/mol. The van der Waals surface area contributed by atoms with Crippen molar-refractivity contribution >= 4 is 0 Å². The normalized spacial score (nSPS) is 10.2. The number of nitrogens with zero attached hydrogens (tertiary/aromatic N) is 4. The van der Waals surface area contributed by atoms with Gasteiger partial charge < -0.3 is 4.90 Å². The van der Waals surface area contributed by atoms with Crippen LogP contribution in [0.2, 0.25) is 0 Å². The van der Waals surface area contributed by atoms with Crippen LogP contribution in [-0.2, 0) is 0 Å². The summed E-state index contributed by atoms with van der Waals surface area (Å²) in [6.07, 6.45) is 9.49. The minimum absolute atomic E-state index is 1.32. The highest BCUT2D eigenvalue weighted by Gasteiger charge is 2.01. The number of H-pyrrole nitrogens is 1. The Morgan fingerprint density at radius 1 is 0.889 bits per heavy atom. The Morgan fingerprint density at radius 2 is 1.39 bits per heavy atom. The summed E-state index contributed by atoms with van der Waals surface area (Å²) < 4.78 is 0. The Kier molecular flexibility index (Phi) is 13.3. The number of unbranched alkanes of at least 4 members (excludes halogenated alkanes) is 3. The summed E-state index contributed by atoms with van der Waals surface area (Å²) in [5.41, 5.74) is 0. The molecule has 0 aliphatic rings. The second-order valence-electron chi connectivity index (χ2n) is 4.47. The van der Waals surface area contributed by atoms with Gasteiger partial charge in [0, 0.05) is 0 Å². The zero-order valence-electron chi connectivity index (χ0n) is 12.2. The van der Waals surface area contributed by atoms with Crippen LogP contribution in [0.3, 0.4) is 0 Å². The highest BCUT2D eigenvalue weighted by atomic mass is 15.5. The third-order valence-corrected chi connectivity index (χ3v) is 2.75. The summed E-state index contributed by atoms with van der Waals surface area (Å²) in [5, 5.41) is 12.1. The summed E-state index contributed by atoms with van der Waals surface area (Å²) in [7, 11) is 0. The minimum atomic E-state index is 1.32. The summed E-state index contributed by atoms with van der Waals surface area (Å²) in [6.45, 7) is 10.8. The predicted octanol–water partition coefficient (Wildman–Crippen LogP) is 2.89. The molecule has 1 aromatic rings. The van der Waals surface area contributed by atoms with Gasteiger partial charge in [-0.25, -0.2) is 5.10 Å². The fourth-order valence-corrected chi connectivity index (χ4v) is 1.61. The Labute approximate surface area is 111 Å². The van der Waals surface area contributed by atoms with Gasteiger partial charge in [0.25, 0.3) is 0 Å². The fraction of sp³-hybridized carbons (Fsp3) is 0.923. The summed E-state index contributed by atoms with van der Waals surface area (Å²) in [6, 6.07) is 0. The van der Waals surface area contributed by atoms with Crippen LogP contribution in [0, 0.1) is 0 Å². The molecule has 0 aliphatic carbocycles. The van der Waals surface area contributed by atoms with Crippen LogP contribution in [0.15, 0.2) is 6.33 Å². The second kappa shape index (κ2) is 14.1. The van der Waals surface area contributed by atoms with Crippen molar-refractivity contribution in [2.45, 2.75) is 59.3 Å². The van der Waals surface area contributed by atoms with Crippen LogP contribution >= 0.6 is 0 Å². The molecule has 0 fully saturated rings. The number of tetrazole rings is 1. The highest BCUT2D eigenvalue weighted by molar-refractivity contribution is 4.57. The molecule has 0 radical (unpaired) electrons. The number of hydrogen-bond acceptors (Lipinski definition) is 4. The maximum Gasteiger partial charge on any atom is 0.135 e. The first-order chi connectivity index (χ1) is 8.85. The molecule has 0 amide bonds. The van der Waals surface area contributed by atoms with Gasteiger partial charge in [0.15, 0.2) is 0 Å². The van der Waals surface area contributed by atoms with Crippen molar-refractivity contribution in [3.63, 3.8) is 0 Å². The quantitative estimate of drug-likeness (QED) is 0.737. The van der Waals surface area contributed by atoms with E-state index in [4.69, 9.17) is 0 Å². The third kappa shape index (κ3) is 11.5. The van der Waals surface area contributed by atoms with E-state index in [0.717, 1.165) is 0 Å². The topological polar surface area (TPSA) is 57.7 Å². The van der Waals surface area contributed by atoms with Crippen molar-refractivity contribution in [1.82, 2.24) is 25.5 Å². The fourth-order valence-electron chi connectivity index (χ4n) is 1.61. The molecule has 0 aliphatic heterocycles. The average Bonchev–Trinajstić information content (AvgIpc) is 2.97. The van der Waals surface area contributed by atoms with Gasteiger partial charge in [-0.1, -0.05) is 40.0 Å². The Bertz CT molecular complexity index is 189. The lowest BCUT2D eigenvalue weighted by Gasteiger charge is -2.21. The molecule has 0 aromatic carbocycles. The van der Waals surface area contributed by atoms with Crippen molar-refractivity contribution in [1.29, 1.82) is 0 Å². The predicted molar refractivity (Wildman–Crippen MR) is 75.3 cm³/mol. The van der Waals surface area contributed by atoms with Crippen LogP contribution in [-0.4, -0.2) is 45.2 Å². The number of nitrogens with one attached hydrogen (secondary N) is 1. The highest BCUT2D eigenvalue weighted by Crippen LogP contribution is 2.01. The van der Waals surface area contributed by atoms with Crippen molar-refractivity contribution in [3.05, 3.63) is 6.33 Å². The van der Waals surface area contributed by atoms with Gasteiger partial charge in [-0.05, 0) is 49.3 Å². The molecule has 0 unspecified atom stereocenters. The maximum atomic E-state index is 3.31. The second-order valence-corrected chi connectivity index (χ2v) is 4.47. The first-order valence-electron chi connectivity index (χ1n) is 7.24. The van der Waals surface area contributed by atoms with Gasteiger partial charge in [-0.2, -0.15) is 0 Å². The molecule has 0 saturated carbocycles. The molecule has 106 valence electrons. The van der Waals surface area contributed by atoms with E-state index in [-0.39, 0.29) is 0 Å². The molecule has 0 saturated heterocycles. The average molecular weight is 255 g/mol. The van der Waals surface area contributed by atoms with Crippen molar-refractivity contribution in [3.8, 4) is 0 Å². The van der Waals surface area contributed by atoms with Gasteiger partial charge in [-0.15, -0.1) is 5.10 Å². The van der Waals surface area contributed by atoms with Crippen molar-refractivity contribution < 1.29 is 0 Å². The van der Waals surface area contributed by atoms with Crippen molar-refractivity contribution in [2.24, 2.45) is 0 Å². The first-order valence-corrected chi connectivity index (χ1v) is 7.24. The number of aromatic nitrogens is 4. The lowest BCUT2D eigenvalue weighted by molar-refractivity contribution is 0.261. The van der Waals surface area contributed by atoms with E-state index in [0.29, 0.717) is 0 Å². The molecule has 1 rings (SSSR count). The molecule has 5 nitrogen and oxygen atoms in total. The molecule has 5 heteroatoms. The Balaban J connectivity index is 0.000000473. The van der Waals surface area contributed by atoms with E-state index in [1.807, 2.05) is 0 Å². The van der Waals surface area contributed by atoms with Gasteiger partial charge >= 0.3 is 0 Å². The van der Waals surface area contributed by atoms with E-state index in [2.05, 4.69) is 46.3 Å². The standard InChI is InChI=1S/C12H27N.CH2N4/c1-4-7-10-13(11-8-5-2)12-9-6-3;1-2-4-5-3-1/h4-12H2,1-3H3;1H,(H,2,3,4,5).